The van der Waals surface area contributed by atoms with Crippen molar-refractivity contribution in [3.05, 3.63) is 29.6 Å². The van der Waals surface area contributed by atoms with Gasteiger partial charge in [-0.25, -0.2) is 4.39 Å². The summed E-state index contributed by atoms with van der Waals surface area (Å²) in [5, 5.41) is 12.0. The van der Waals surface area contributed by atoms with E-state index in [0.29, 0.717) is 0 Å². The lowest BCUT2D eigenvalue weighted by Crippen LogP contribution is -2.38. The smallest absolute Gasteiger partial charge is 0.253 e. The van der Waals surface area contributed by atoms with Gasteiger partial charge in [0.05, 0.1) is 5.56 Å². The molecular weight excluding hydrogens is 235 g/mol. The van der Waals surface area contributed by atoms with E-state index in [1.54, 1.807) is 0 Å². The summed E-state index contributed by atoms with van der Waals surface area (Å²) in [6.07, 6.45) is 2.72. The van der Waals surface area contributed by atoms with Crippen molar-refractivity contribution in [3.63, 3.8) is 0 Å². The predicted octanol–water partition coefficient (Wildman–Crippen LogP) is 1.30. The molecule has 0 radical (unpaired) electrons. The zero-order valence-corrected chi connectivity index (χ0v) is 10.0. The molecule has 1 amide bonds. The van der Waals surface area contributed by atoms with Gasteiger partial charge in [-0.05, 0) is 31.0 Å². The second kappa shape index (κ2) is 5.35. The van der Waals surface area contributed by atoms with Crippen LogP contribution in [0.1, 0.15) is 29.6 Å². The van der Waals surface area contributed by atoms with Crippen LogP contribution < -0.4 is 11.1 Å². The molecule has 4 N–H and O–H groups in total. The summed E-state index contributed by atoms with van der Waals surface area (Å²) in [6.45, 7) is 0.0591. The number of nitrogens with two attached hydrogens (primary N) is 1. The van der Waals surface area contributed by atoms with Gasteiger partial charge in [0.2, 0.25) is 0 Å². The van der Waals surface area contributed by atoms with Crippen molar-refractivity contribution in [2.24, 2.45) is 5.92 Å². The molecule has 98 valence electrons. The highest BCUT2D eigenvalue weighted by Crippen LogP contribution is 2.25. The summed E-state index contributed by atoms with van der Waals surface area (Å²) < 4.78 is 13.1. The van der Waals surface area contributed by atoms with Crippen molar-refractivity contribution in [2.45, 2.75) is 25.3 Å². The van der Waals surface area contributed by atoms with Crippen molar-refractivity contribution in [2.75, 3.05) is 12.3 Å². The highest BCUT2D eigenvalue weighted by atomic mass is 19.1. The van der Waals surface area contributed by atoms with Crippen LogP contribution in [-0.4, -0.2) is 23.7 Å². The number of amides is 1. The van der Waals surface area contributed by atoms with E-state index < -0.39 is 5.82 Å². The molecule has 1 aliphatic carbocycles. The summed E-state index contributed by atoms with van der Waals surface area (Å²) in [4.78, 5) is 12.0. The van der Waals surface area contributed by atoms with Crippen LogP contribution in [0.25, 0.3) is 0 Å². The average Bonchev–Trinajstić information content (AvgIpc) is 2.79. The van der Waals surface area contributed by atoms with Crippen LogP contribution in [0.15, 0.2) is 18.2 Å². The third-order valence-corrected chi connectivity index (χ3v) is 3.47. The molecule has 0 heterocycles. The number of halogens is 1. The summed E-state index contributed by atoms with van der Waals surface area (Å²) in [5.74, 6) is -0.777. The fourth-order valence-electron chi connectivity index (χ4n) is 2.42. The van der Waals surface area contributed by atoms with E-state index in [1.165, 1.54) is 12.1 Å². The Morgan fingerprint density at radius 2 is 2.28 bits per heavy atom. The van der Waals surface area contributed by atoms with Crippen molar-refractivity contribution in [1.29, 1.82) is 0 Å². The van der Waals surface area contributed by atoms with E-state index in [4.69, 9.17) is 5.73 Å². The minimum Gasteiger partial charge on any atom is -0.398 e. The number of carbonyl (C=O) groups excluding carboxylic acids is 1. The molecule has 2 atom stereocenters. The molecule has 1 aliphatic rings. The Labute approximate surface area is 105 Å². The zero-order valence-electron chi connectivity index (χ0n) is 10.0. The van der Waals surface area contributed by atoms with Crippen LogP contribution in [-0.2, 0) is 0 Å². The van der Waals surface area contributed by atoms with Gasteiger partial charge < -0.3 is 16.2 Å². The highest BCUT2D eigenvalue weighted by Gasteiger charge is 2.28. The number of aliphatic hydroxyl groups is 1. The number of anilines is 1. The second-order valence-corrected chi connectivity index (χ2v) is 4.69. The van der Waals surface area contributed by atoms with Crippen molar-refractivity contribution in [3.8, 4) is 0 Å². The number of hydrogen-bond acceptors (Lipinski definition) is 3. The first kappa shape index (κ1) is 12.8. The van der Waals surface area contributed by atoms with Gasteiger partial charge in [-0.2, -0.15) is 0 Å². The van der Waals surface area contributed by atoms with Crippen LogP contribution in [0.2, 0.25) is 0 Å². The van der Waals surface area contributed by atoms with Gasteiger partial charge in [0.1, 0.15) is 5.82 Å². The number of rotatable bonds is 3. The van der Waals surface area contributed by atoms with Gasteiger partial charge in [-0.3, -0.25) is 4.79 Å². The summed E-state index contributed by atoms with van der Waals surface area (Å²) in [6, 6.07) is 3.68. The van der Waals surface area contributed by atoms with E-state index in [2.05, 4.69) is 5.32 Å². The maximum absolute atomic E-state index is 13.1. The quantitative estimate of drug-likeness (QED) is 0.710. The van der Waals surface area contributed by atoms with Crippen molar-refractivity contribution in [1.82, 2.24) is 5.32 Å². The van der Waals surface area contributed by atoms with Gasteiger partial charge in [-0.1, -0.05) is 6.42 Å². The fraction of sp³-hybridized carbons (Fsp3) is 0.462. The monoisotopic (exact) mass is 252 g/mol. The number of nitrogens with one attached hydrogen (secondary N) is 1. The van der Waals surface area contributed by atoms with Gasteiger partial charge in [-0.15, -0.1) is 0 Å². The third-order valence-electron chi connectivity index (χ3n) is 3.47. The van der Waals surface area contributed by atoms with Gasteiger partial charge >= 0.3 is 0 Å². The van der Waals surface area contributed by atoms with E-state index in [0.717, 1.165) is 25.3 Å². The molecule has 1 aromatic rings. The zero-order chi connectivity index (χ0) is 13.1. The Kier molecular flexibility index (Phi) is 3.81. The Hall–Kier alpha value is -1.62. The van der Waals surface area contributed by atoms with Crippen LogP contribution in [0.3, 0.4) is 0 Å². The van der Waals surface area contributed by atoms with Gasteiger partial charge in [0, 0.05) is 24.3 Å². The largest absolute Gasteiger partial charge is 0.398 e. The Bertz CT molecular complexity index is 451. The molecule has 0 bridgehead atoms. The number of benzene rings is 1. The van der Waals surface area contributed by atoms with Crippen molar-refractivity contribution < 1.29 is 14.3 Å². The topological polar surface area (TPSA) is 75.4 Å². The molecule has 0 aliphatic heterocycles. The average molecular weight is 252 g/mol. The molecule has 1 saturated carbocycles. The maximum atomic E-state index is 13.1. The highest BCUT2D eigenvalue weighted by molar-refractivity contribution is 5.99. The lowest BCUT2D eigenvalue weighted by molar-refractivity contribution is 0.0916. The van der Waals surface area contributed by atoms with Gasteiger partial charge in [0.15, 0.2) is 0 Å². The van der Waals surface area contributed by atoms with Crippen LogP contribution in [0.5, 0.6) is 0 Å². The first-order chi connectivity index (χ1) is 8.61. The molecule has 4 nitrogen and oxygen atoms in total. The standard InChI is InChI=1S/C13H17FN2O2/c14-9-4-5-11(15)10(6-9)13(18)16-12-3-1-2-8(12)7-17/h4-6,8,12,17H,1-3,7,15H2,(H,16,18). The molecule has 1 fully saturated rings. The fourth-order valence-corrected chi connectivity index (χ4v) is 2.42. The number of hydrogen-bond donors (Lipinski definition) is 3. The predicted molar refractivity (Wildman–Crippen MR) is 66.5 cm³/mol. The first-order valence-electron chi connectivity index (χ1n) is 6.08. The van der Waals surface area contributed by atoms with E-state index in [-0.39, 0.29) is 35.7 Å². The van der Waals surface area contributed by atoms with Crippen LogP contribution >= 0.6 is 0 Å². The normalized spacial score (nSPS) is 23.0. The molecule has 2 rings (SSSR count). The Morgan fingerprint density at radius 1 is 1.50 bits per heavy atom. The summed E-state index contributed by atoms with van der Waals surface area (Å²) >= 11 is 0. The Balaban J connectivity index is 2.09. The SMILES string of the molecule is Nc1ccc(F)cc1C(=O)NC1CCCC1CO. The van der Waals surface area contributed by atoms with Gasteiger partial charge in [0.25, 0.3) is 5.91 Å². The minimum atomic E-state index is -0.487. The molecule has 2 unspecified atom stereocenters. The van der Waals surface area contributed by atoms with Crippen molar-refractivity contribution >= 4 is 11.6 Å². The number of carbonyl (C=O) groups is 1. The lowest BCUT2D eigenvalue weighted by Gasteiger charge is -2.19. The molecule has 1 aromatic carbocycles. The maximum Gasteiger partial charge on any atom is 0.253 e. The summed E-state index contributed by atoms with van der Waals surface area (Å²) in [7, 11) is 0. The number of aliphatic hydroxyl groups excluding tert-OH is 1. The molecule has 0 aromatic heterocycles. The van der Waals surface area contributed by atoms with E-state index in [1.807, 2.05) is 0 Å². The molecular formula is C13H17FN2O2. The van der Waals surface area contributed by atoms with E-state index >= 15 is 0 Å². The van der Waals surface area contributed by atoms with Crippen LogP contribution in [0.4, 0.5) is 10.1 Å². The summed E-state index contributed by atoms with van der Waals surface area (Å²) in [5.41, 5.74) is 6.06. The molecule has 0 spiro atoms. The first-order valence-corrected chi connectivity index (χ1v) is 6.08. The third kappa shape index (κ3) is 2.61. The van der Waals surface area contributed by atoms with Crippen LogP contribution in [0, 0.1) is 11.7 Å². The molecule has 0 saturated heterocycles. The second-order valence-electron chi connectivity index (χ2n) is 4.69. The number of nitrogen functional groups attached to an aromatic ring is 1. The molecule has 5 heteroatoms. The molecule has 18 heavy (non-hydrogen) atoms. The Morgan fingerprint density at radius 3 is 3.00 bits per heavy atom. The lowest BCUT2D eigenvalue weighted by atomic mass is 10.0. The van der Waals surface area contributed by atoms with E-state index in [9.17, 15) is 14.3 Å². The minimum absolute atomic E-state index is 0.0508.